The van der Waals surface area contributed by atoms with Gasteiger partial charge in [0.05, 0.1) is 29.4 Å². The number of fused-ring (bicyclic) bond motifs is 1. The first-order valence-electron chi connectivity index (χ1n) is 10.8. The number of carbonyl (C=O) groups excluding carboxylic acids is 3. The van der Waals surface area contributed by atoms with E-state index in [1.54, 1.807) is 23.4 Å². The van der Waals surface area contributed by atoms with Gasteiger partial charge in [-0.3, -0.25) is 14.3 Å². The number of hydrogen-bond donors (Lipinski definition) is 2. The van der Waals surface area contributed by atoms with Crippen LogP contribution >= 0.6 is 11.6 Å². The van der Waals surface area contributed by atoms with Crippen LogP contribution in [0.25, 0.3) is 11.3 Å². The van der Waals surface area contributed by atoms with Gasteiger partial charge in [-0.05, 0) is 44.9 Å². The topological polar surface area (TPSA) is 114 Å². The molecule has 0 aliphatic carbocycles. The molecule has 4 rings (SSSR count). The summed E-state index contributed by atoms with van der Waals surface area (Å²) in [6, 6.07) is 3.63. The fourth-order valence-electron chi connectivity index (χ4n) is 4.31. The summed E-state index contributed by atoms with van der Waals surface area (Å²) in [5.74, 6) is -1.42. The zero-order chi connectivity index (χ0) is 23.9. The van der Waals surface area contributed by atoms with E-state index in [0.29, 0.717) is 37.4 Å². The molecule has 1 aromatic heterocycles. The molecule has 11 heteroatoms. The van der Waals surface area contributed by atoms with Crippen molar-refractivity contribution in [2.24, 2.45) is 5.73 Å². The second-order valence-electron chi connectivity index (χ2n) is 8.86. The molecule has 0 bridgehead atoms. The van der Waals surface area contributed by atoms with Crippen molar-refractivity contribution in [2.45, 2.75) is 45.3 Å². The average Bonchev–Trinajstić information content (AvgIpc) is 3.42. The third-order valence-electron chi connectivity index (χ3n) is 6.05. The van der Waals surface area contributed by atoms with Crippen LogP contribution in [0.15, 0.2) is 18.2 Å². The molecule has 1 aromatic carbocycles. The van der Waals surface area contributed by atoms with Gasteiger partial charge in [0.1, 0.15) is 17.1 Å². The molecule has 2 aromatic rings. The summed E-state index contributed by atoms with van der Waals surface area (Å²) in [6.45, 7) is 5.50. The number of benzene rings is 1. The predicted molar refractivity (Wildman–Crippen MR) is 120 cm³/mol. The molecule has 9 nitrogen and oxygen atoms in total. The molecule has 0 radical (unpaired) electrons. The predicted octanol–water partition coefficient (Wildman–Crippen LogP) is 2.37. The first-order valence-corrected chi connectivity index (χ1v) is 11.2. The molecule has 0 saturated carbocycles. The normalized spacial score (nSPS) is 16.0. The van der Waals surface area contributed by atoms with Gasteiger partial charge < -0.3 is 20.9 Å². The van der Waals surface area contributed by atoms with E-state index in [0.717, 1.165) is 12.8 Å². The molecule has 2 aliphatic heterocycles. The number of nitrogens with two attached hydrogens (primary N) is 1. The quantitative estimate of drug-likeness (QED) is 0.705. The lowest BCUT2D eigenvalue weighted by Gasteiger charge is -2.34. The molecule has 1 fully saturated rings. The van der Waals surface area contributed by atoms with Crippen LogP contribution in [0.2, 0.25) is 5.02 Å². The minimum Gasteiger partial charge on any atom is -0.365 e. The van der Waals surface area contributed by atoms with Gasteiger partial charge in [-0.25, -0.2) is 9.18 Å². The number of carbonyl (C=O) groups is 3. The highest BCUT2D eigenvalue weighted by atomic mass is 35.5. The second kappa shape index (κ2) is 8.66. The van der Waals surface area contributed by atoms with Crippen LogP contribution in [0.4, 0.5) is 9.18 Å². The van der Waals surface area contributed by atoms with Crippen molar-refractivity contribution in [3.8, 4) is 11.3 Å². The standard InChI is InChI=1S/C22H26ClFN6O3/c1-22(2,20(32)28-7-3-4-8-28)26-21(33)29-9-10-30-16(12-29)17(19(25)31)18(27-30)13-5-6-15(24)14(23)11-13/h5-6,11H,3-4,7-10,12H2,1-2H3,(H2,25,31)(H,26,33). The Morgan fingerprint density at radius 2 is 1.82 bits per heavy atom. The largest absolute Gasteiger partial charge is 0.365 e. The molecular formula is C22H26ClFN6O3. The van der Waals surface area contributed by atoms with Crippen molar-refractivity contribution in [1.82, 2.24) is 24.9 Å². The number of likely N-dealkylation sites (tertiary alicyclic amines) is 1. The number of halogens is 2. The van der Waals surface area contributed by atoms with Crippen LogP contribution in [0, 0.1) is 5.82 Å². The van der Waals surface area contributed by atoms with Gasteiger partial charge in [0.15, 0.2) is 0 Å². The van der Waals surface area contributed by atoms with Gasteiger partial charge in [0.25, 0.3) is 5.91 Å². The Kier molecular flexibility index (Phi) is 6.04. The second-order valence-corrected chi connectivity index (χ2v) is 9.27. The SMILES string of the molecule is CC(C)(NC(=O)N1CCn2nc(-c3ccc(F)c(Cl)c3)c(C(N)=O)c2C1)C(=O)N1CCCC1. The number of rotatable bonds is 4. The molecule has 0 atom stereocenters. The van der Waals surface area contributed by atoms with Crippen LogP contribution in [0.3, 0.4) is 0 Å². The molecule has 2 aliphatic rings. The maximum atomic E-state index is 13.6. The maximum Gasteiger partial charge on any atom is 0.318 e. The molecule has 4 amide bonds. The minimum absolute atomic E-state index is 0.0834. The van der Waals surface area contributed by atoms with Gasteiger partial charge in [-0.15, -0.1) is 0 Å². The summed E-state index contributed by atoms with van der Waals surface area (Å²) in [7, 11) is 0. The Bertz CT molecular complexity index is 1130. The number of urea groups is 1. The number of nitrogens with zero attached hydrogens (tertiary/aromatic N) is 4. The Balaban J connectivity index is 1.57. The molecule has 33 heavy (non-hydrogen) atoms. The maximum absolute atomic E-state index is 13.6. The summed E-state index contributed by atoms with van der Waals surface area (Å²) in [6.07, 6.45) is 1.92. The van der Waals surface area contributed by atoms with E-state index in [4.69, 9.17) is 17.3 Å². The van der Waals surface area contributed by atoms with Crippen LogP contribution in [0.5, 0.6) is 0 Å². The van der Waals surface area contributed by atoms with E-state index >= 15 is 0 Å². The average molecular weight is 477 g/mol. The number of primary amides is 1. The van der Waals surface area contributed by atoms with Crippen LogP contribution in [0.1, 0.15) is 42.7 Å². The van der Waals surface area contributed by atoms with E-state index in [9.17, 15) is 18.8 Å². The van der Waals surface area contributed by atoms with E-state index < -0.39 is 23.3 Å². The van der Waals surface area contributed by atoms with Crippen molar-refractivity contribution in [2.75, 3.05) is 19.6 Å². The summed E-state index contributed by atoms with van der Waals surface area (Å²) in [5.41, 5.74) is 5.95. The Morgan fingerprint density at radius 3 is 2.45 bits per heavy atom. The molecule has 3 N–H and O–H groups in total. The summed E-state index contributed by atoms with van der Waals surface area (Å²) in [4.78, 5) is 41.4. The summed E-state index contributed by atoms with van der Waals surface area (Å²) in [5, 5.41) is 7.21. The van der Waals surface area contributed by atoms with E-state index in [1.165, 1.54) is 23.1 Å². The van der Waals surface area contributed by atoms with E-state index in [-0.39, 0.29) is 28.7 Å². The third kappa shape index (κ3) is 4.39. The highest BCUT2D eigenvalue weighted by molar-refractivity contribution is 6.31. The first-order chi connectivity index (χ1) is 15.6. The van der Waals surface area contributed by atoms with Crippen LogP contribution in [-0.4, -0.2) is 62.6 Å². The zero-order valence-electron chi connectivity index (χ0n) is 18.5. The third-order valence-corrected chi connectivity index (χ3v) is 6.34. The zero-order valence-corrected chi connectivity index (χ0v) is 19.3. The van der Waals surface area contributed by atoms with Gasteiger partial charge in [-0.2, -0.15) is 5.10 Å². The highest BCUT2D eigenvalue weighted by Gasteiger charge is 2.37. The van der Waals surface area contributed by atoms with Crippen LogP contribution < -0.4 is 11.1 Å². The number of amides is 4. The summed E-state index contributed by atoms with van der Waals surface area (Å²) >= 11 is 5.90. The molecule has 0 unspecified atom stereocenters. The first kappa shape index (κ1) is 23.0. The van der Waals surface area contributed by atoms with Crippen molar-refractivity contribution in [1.29, 1.82) is 0 Å². The fourth-order valence-corrected chi connectivity index (χ4v) is 4.49. The molecule has 0 spiro atoms. The van der Waals surface area contributed by atoms with Gasteiger partial charge in [-0.1, -0.05) is 11.6 Å². The van der Waals surface area contributed by atoms with Gasteiger partial charge in [0.2, 0.25) is 5.91 Å². The van der Waals surface area contributed by atoms with Crippen molar-refractivity contribution < 1.29 is 18.8 Å². The molecular weight excluding hydrogens is 451 g/mol. The lowest BCUT2D eigenvalue weighted by Crippen LogP contribution is -2.58. The Labute approximate surface area is 195 Å². The number of nitrogens with one attached hydrogen (secondary N) is 1. The van der Waals surface area contributed by atoms with Gasteiger partial charge in [0, 0.05) is 25.2 Å². The van der Waals surface area contributed by atoms with Gasteiger partial charge >= 0.3 is 6.03 Å². The smallest absolute Gasteiger partial charge is 0.318 e. The molecule has 176 valence electrons. The van der Waals surface area contributed by atoms with Crippen LogP contribution in [-0.2, 0) is 17.9 Å². The lowest BCUT2D eigenvalue weighted by atomic mass is 10.0. The van der Waals surface area contributed by atoms with Crippen molar-refractivity contribution >= 4 is 29.4 Å². The Hall–Kier alpha value is -3.14. The highest BCUT2D eigenvalue weighted by Crippen LogP contribution is 2.30. The van der Waals surface area contributed by atoms with E-state index in [2.05, 4.69) is 10.4 Å². The Morgan fingerprint density at radius 1 is 1.12 bits per heavy atom. The molecule has 3 heterocycles. The lowest BCUT2D eigenvalue weighted by molar-refractivity contribution is -0.135. The minimum atomic E-state index is -1.07. The molecule has 1 saturated heterocycles. The number of hydrogen-bond acceptors (Lipinski definition) is 4. The van der Waals surface area contributed by atoms with Crippen molar-refractivity contribution in [3.63, 3.8) is 0 Å². The number of aromatic nitrogens is 2. The van der Waals surface area contributed by atoms with Crippen molar-refractivity contribution in [3.05, 3.63) is 40.3 Å². The fraction of sp³-hybridized carbons (Fsp3) is 0.455. The summed E-state index contributed by atoms with van der Waals surface area (Å²) < 4.78 is 15.2. The van der Waals surface area contributed by atoms with E-state index in [1.807, 2.05) is 0 Å². The monoisotopic (exact) mass is 476 g/mol.